The zero-order chi connectivity index (χ0) is 10.1. The Morgan fingerprint density at radius 2 is 2.31 bits per heavy atom. The fourth-order valence-electron chi connectivity index (χ4n) is 0.715. The maximum Gasteiger partial charge on any atom is 0.351 e. The fourth-order valence-corrected chi connectivity index (χ4v) is 0.715. The molecule has 0 rings (SSSR count). The first-order chi connectivity index (χ1) is 6.18. The van der Waals surface area contributed by atoms with Gasteiger partial charge in [0, 0.05) is 6.54 Å². The number of nitrogens with zero attached hydrogens (tertiary/aromatic N) is 1. The van der Waals surface area contributed by atoms with Crippen molar-refractivity contribution in [1.29, 1.82) is 0 Å². The zero-order valence-corrected chi connectivity index (χ0v) is 7.92. The van der Waals surface area contributed by atoms with Crippen molar-refractivity contribution in [2.75, 3.05) is 6.54 Å². The second kappa shape index (κ2) is 7.34. The number of carboxylic acid groups (broad SMARTS) is 1. The molecule has 4 heteroatoms. The number of carboxylic acids is 1. The summed E-state index contributed by atoms with van der Waals surface area (Å²) in [6.45, 7) is 5.77. The van der Waals surface area contributed by atoms with Crippen LogP contribution in [0.3, 0.4) is 0 Å². The van der Waals surface area contributed by atoms with E-state index in [-0.39, 0.29) is 5.71 Å². The van der Waals surface area contributed by atoms with Crippen LogP contribution in [0, 0.1) is 0 Å². The van der Waals surface area contributed by atoms with E-state index in [4.69, 9.17) is 5.11 Å². The number of hydrogen-bond donors (Lipinski definition) is 2. The summed E-state index contributed by atoms with van der Waals surface area (Å²) in [6, 6.07) is 0. The van der Waals surface area contributed by atoms with Gasteiger partial charge in [-0.1, -0.05) is 6.08 Å². The van der Waals surface area contributed by atoms with Crippen LogP contribution >= 0.6 is 0 Å². The molecule has 74 valence electrons. The minimum absolute atomic E-state index is 0.0868. The van der Waals surface area contributed by atoms with Crippen LogP contribution in [-0.4, -0.2) is 23.3 Å². The summed E-state index contributed by atoms with van der Waals surface area (Å²) >= 11 is 0. The molecule has 13 heavy (non-hydrogen) atoms. The molecule has 0 aromatic rings. The molecule has 0 radical (unpaired) electrons. The number of unbranched alkanes of at least 4 members (excludes halogenated alkanes) is 2. The van der Waals surface area contributed by atoms with E-state index >= 15 is 0 Å². The van der Waals surface area contributed by atoms with Crippen molar-refractivity contribution in [3.63, 3.8) is 0 Å². The van der Waals surface area contributed by atoms with Gasteiger partial charge in [0.15, 0.2) is 0 Å². The smallest absolute Gasteiger partial charge is 0.351 e. The van der Waals surface area contributed by atoms with Crippen molar-refractivity contribution in [2.45, 2.75) is 26.2 Å². The molecule has 0 saturated carbocycles. The second-order valence-electron chi connectivity index (χ2n) is 2.69. The molecule has 0 spiro atoms. The molecule has 0 aromatic heterocycles. The molecule has 0 aromatic carbocycles. The van der Waals surface area contributed by atoms with E-state index in [1.165, 1.54) is 6.92 Å². The molecule has 0 saturated heterocycles. The van der Waals surface area contributed by atoms with E-state index in [2.05, 4.69) is 17.1 Å². The Morgan fingerprint density at radius 1 is 1.62 bits per heavy atom. The minimum Gasteiger partial charge on any atom is -0.477 e. The molecule has 0 fully saturated rings. The standard InChI is InChI=1S/C9H16N2O2/c1-3-4-5-6-7-10-11-8(2)9(12)13/h3,10H,1,4-7H2,2H3,(H,12,13)/b11-8-. The number of nitrogens with one attached hydrogen (secondary N) is 1. The molecule has 2 N–H and O–H groups in total. The Kier molecular flexibility index (Phi) is 6.59. The van der Waals surface area contributed by atoms with Crippen molar-refractivity contribution in [3.8, 4) is 0 Å². The second-order valence-corrected chi connectivity index (χ2v) is 2.69. The number of allylic oxidation sites excluding steroid dienone is 1. The van der Waals surface area contributed by atoms with Crippen molar-refractivity contribution < 1.29 is 9.90 Å². The van der Waals surface area contributed by atoms with Crippen LogP contribution in [0.1, 0.15) is 26.2 Å². The average Bonchev–Trinajstić information content (AvgIpc) is 2.10. The van der Waals surface area contributed by atoms with Crippen LogP contribution in [0.15, 0.2) is 17.8 Å². The van der Waals surface area contributed by atoms with Gasteiger partial charge in [-0.25, -0.2) is 4.79 Å². The molecule has 0 aliphatic carbocycles. The summed E-state index contributed by atoms with van der Waals surface area (Å²) in [4.78, 5) is 10.3. The van der Waals surface area contributed by atoms with Crippen LogP contribution in [0.2, 0.25) is 0 Å². The molecule has 0 aliphatic heterocycles. The van der Waals surface area contributed by atoms with Crippen molar-refractivity contribution in [2.24, 2.45) is 5.10 Å². The lowest BCUT2D eigenvalue weighted by atomic mass is 10.2. The topological polar surface area (TPSA) is 61.7 Å². The fraction of sp³-hybridized carbons (Fsp3) is 0.556. The highest BCUT2D eigenvalue weighted by molar-refractivity contribution is 6.34. The third kappa shape index (κ3) is 7.05. The average molecular weight is 184 g/mol. The van der Waals surface area contributed by atoms with Gasteiger partial charge in [0.1, 0.15) is 5.71 Å². The summed E-state index contributed by atoms with van der Waals surface area (Å²) in [5.74, 6) is -0.987. The highest BCUT2D eigenvalue weighted by atomic mass is 16.4. The first-order valence-electron chi connectivity index (χ1n) is 4.29. The summed E-state index contributed by atoms with van der Waals surface area (Å²) in [6.07, 6.45) is 4.88. The Labute approximate surface area is 78.3 Å². The lowest BCUT2D eigenvalue weighted by molar-refractivity contribution is -0.129. The number of carbonyl (C=O) groups is 1. The Morgan fingerprint density at radius 3 is 2.85 bits per heavy atom. The summed E-state index contributed by atoms with van der Waals surface area (Å²) < 4.78 is 0. The van der Waals surface area contributed by atoms with Crippen LogP contribution in [0.4, 0.5) is 0 Å². The van der Waals surface area contributed by atoms with Gasteiger partial charge in [-0.2, -0.15) is 5.10 Å². The summed E-state index contributed by atoms with van der Waals surface area (Å²) in [5, 5.41) is 12.1. The molecule has 4 nitrogen and oxygen atoms in total. The SMILES string of the molecule is C=CCCCCN/N=C(/C)C(=O)O. The number of aliphatic carboxylic acids is 1. The quantitative estimate of drug-likeness (QED) is 0.272. The Hall–Kier alpha value is -1.32. The third-order valence-corrected chi connectivity index (χ3v) is 1.50. The Balaban J connectivity index is 3.39. The van der Waals surface area contributed by atoms with Gasteiger partial charge in [0.25, 0.3) is 0 Å². The molecule has 0 amide bonds. The first-order valence-corrected chi connectivity index (χ1v) is 4.29. The first kappa shape index (κ1) is 11.7. The van der Waals surface area contributed by atoms with Crippen LogP contribution in [0.5, 0.6) is 0 Å². The van der Waals surface area contributed by atoms with E-state index in [9.17, 15) is 4.79 Å². The molecule has 0 unspecified atom stereocenters. The van der Waals surface area contributed by atoms with Crippen molar-refractivity contribution in [1.82, 2.24) is 5.43 Å². The van der Waals surface area contributed by atoms with E-state index in [0.717, 1.165) is 19.3 Å². The molecule has 0 bridgehead atoms. The maximum absolute atomic E-state index is 10.3. The van der Waals surface area contributed by atoms with Gasteiger partial charge in [0.2, 0.25) is 0 Å². The van der Waals surface area contributed by atoms with Crippen LogP contribution in [-0.2, 0) is 4.79 Å². The van der Waals surface area contributed by atoms with E-state index in [1.54, 1.807) is 0 Å². The maximum atomic E-state index is 10.3. The van der Waals surface area contributed by atoms with Gasteiger partial charge in [-0.3, -0.25) is 0 Å². The lowest BCUT2D eigenvalue weighted by Crippen LogP contribution is -2.15. The van der Waals surface area contributed by atoms with Crippen molar-refractivity contribution in [3.05, 3.63) is 12.7 Å². The predicted octanol–water partition coefficient (Wildman–Crippen LogP) is 1.39. The van der Waals surface area contributed by atoms with Gasteiger partial charge in [0.05, 0.1) is 0 Å². The van der Waals surface area contributed by atoms with Crippen LogP contribution in [0.25, 0.3) is 0 Å². The van der Waals surface area contributed by atoms with Crippen molar-refractivity contribution >= 4 is 11.7 Å². The molecule has 0 aliphatic rings. The van der Waals surface area contributed by atoms with E-state index in [0.29, 0.717) is 6.54 Å². The Bertz CT molecular complexity index is 200. The lowest BCUT2D eigenvalue weighted by Gasteiger charge is -1.99. The summed E-state index contributed by atoms with van der Waals surface area (Å²) in [7, 11) is 0. The van der Waals surface area contributed by atoms with Gasteiger partial charge in [-0.05, 0) is 26.2 Å². The zero-order valence-electron chi connectivity index (χ0n) is 7.92. The number of hydrazone groups is 1. The predicted molar refractivity (Wildman–Crippen MR) is 52.8 cm³/mol. The monoisotopic (exact) mass is 184 g/mol. The molecule has 0 heterocycles. The minimum atomic E-state index is -0.987. The number of hydrogen-bond acceptors (Lipinski definition) is 3. The molecule has 0 atom stereocenters. The highest BCUT2D eigenvalue weighted by Gasteiger charge is 1.99. The van der Waals surface area contributed by atoms with Gasteiger partial charge < -0.3 is 10.5 Å². The van der Waals surface area contributed by atoms with Gasteiger partial charge in [-0.15, -0.1) is 6.58 Å². The summed E-state index contributed by atoms with van der Waals surface area (Å²) in [5.41, 5.74) is 2.79. The van der Waals surface area contributed by atoms with E-state index in [1.807, 2.05) is 6.08 Å². The molecular formula is C9H16N2O2. The number of rotatable bonds is 7. The third-order valence-electron chi connectivity index (χ3n) is 1.50. The highest BCUT2D eigenvalue weighted by Crippen LogP contribution is 1.93. The van der Waals surface area contributed by atoms with Crippen LogP contribution < -0.4 is 5.43 Å². The normalized spacial score (nSPS) is 11.0. The molecular weight excluding hydrogens is 168 g/mol. The van der Waals surface area contributed by atoms with Gasteiger partial charge >= 0.3 is 5.97 Å². The largest absolute Gasteiger partial charge is 0.477 e. The van der Waals surface area contributed by atoms with E-state index < -0.39 is 5.97 Å².